The maximum absolute atomic E-state index is 8.76. The van der Waals surface area contributed by atoms with Crippen LogP contribution in [0.2, 0.25) is 0 Å². The first-order valence-electron chi connectivity index (χ1n) is 10.4. The summed E-state index contributed by atoms with van der Waals surface area (Å²) in [5, 5.41) is 9.50. The number of aryl methyl sites for hydroxylation is 1. The number of azide groups is 2. The van der Waals surface area contributed by atoms with Gasteiger partial charge in [0, 0.05) is 49.5 Å². The van der Waals surface area contributed by atoms with Crippen molar-refractivity contribution < 1.29 is 0 Å². The Morgan fingerprint density at radius 3 is 1.69 bits per heavy atom. The molecule has 7 nitrogen and oxygen atoms in total. The summed E-state index contributed by atoms with van der Waals surface area (Å²) in [6.07, 6.45) is 10.3. The lowest BCUT2D eigenvalue weighted by atomic mass is 10.1. The van der Waals surface area contributed by atoms with Crippen molar-refractivity contribution in [3.8, 4) is 0 Å². The van der Waals surface area contributed by atoms with Crippen LogP contribution in [0.5, 0.6) is 0 Å². The zero-order valence-electron chi connectivity index (χ0n) is 17.0. The third-order valence-electron chi connectivity index (χ3n) is 5.39. The first-order valence-corrected chi connectivity index (χ1v) is 10.4. The number of hydrogen-bond acceptors (Lipinski definition) is 2. The van der Waals surface area contributed by atoms with Gasteiger partial charge in [-0.15, -0.1) is 0 Å². The number of hydrogen-bond donors (Lipinski definition) is 0. The molecule has 1 aromatic heterocycles. The molecule has 2 aromatic carbocycles. The van der Waals surface area contributed by atoms with Crippen LogP contribution in [-0.2, 0) is 6.54 Å². The minimum atomic E-state index is 0.584. The van der Waals surface area contributed by atoms with Crippen molar-refractivity contribution in [3.05, 3.63) is 57.3 Å². The lowest BCUT2D eigenvalue weighted by Crippen LogP contribution is -1.97. The van der Waals surface area contributed by atoms with Crippen LogP contribution in [0.1, 0.15) is 58.3 Å². The molecule has 0 radical (unpaired) electrons. The van der Waals surface area contributed by atoms with Crippen LogP contribution < -0.4 is 0 Å². The summed E-state index contributed by atoms with van der Waals surface area (Å²) >= 11 is 0. The van der Waals surface area contributed by atoms with Gasteiger partial charge in [0.05, 0.1) is 0 Å². The number of nitrogens with zero attached hydrogens (tertiary/aromatic N) is 7. The van der Waals surface area contributed by atoms with Crippen LogP contribution in [0.15, 0.2) is 46.6 Å². The van der Waals surface area contributed by atoms with E-state index in [0.717, 1.165) is 34.8 Å². The van der Waals surface area contributed by atoms with Crippen LogP contribution in [0, 0.1) is 0 Å². The van der Waals surface area contributed by atoms with E-state index >= 15 is 0 Å². The molecule has 3 rings (SSSR count). The van der Waals surface area contributed by atoms with E-state index in [2.05, 4.69) is 31.5 Å². The van der Waals surface area contributed by atoms with Gasteiger partial charge in [-0.1, -0.05) is 74.2 Å². The molecule has 0 unspecified atom stereocenters. The quantitative estimate of drug-likeness (QED) is 0.135. The Hall–Kier alpha value is -3.14. The van der Waals surface area contributed by atoms with E-state index in [0.29, 0.717) is 11.4 Å². The molecular formula is C22H27N7. The molecule has 29 heavy (non-hydrogen) atoms. The molecule has 0 fully saturated rings. The fourth-order valence-corrected chi connectivity index (χ4v) is 3.95. The highest BCUT2D eigenvalue weighted by Gasteiger charge is 2.11. The van der Waals surface area contributed by atoms with Gasteiger partial charge in [-0.3, -0.25) is 0 Å². The fourth-order valence-electron chi connectivity index (χ4n) is 3.95. The highest BCUT2D eigenvalue weighted by molar-refractivity contribution is 6.09. The SMILES string of the molecule is CCCCCCCCCCn1c2ccc(N=[N+]=[N-])cc2c2cc(N=[N+]=[N-])ccc21. The smallest absolute Gasteiger partial charge is 0.0491 e. The molecular weight excluding hydrogens is 362 g/mol. The van der Waals surface area contributed by atoms with Crippen molar-refractivity contribution in [1.82, 2.24) is 4.57 Å². The number of benzene rings is 2. The van der Waals surface area contributed by atoms with Crippen LogP contribution in [0.4, 0.5) is 11.4 Å². The van der Waals surface area contributed by atoms with Crippen LogP contribution in [-0.4, -0.2) is 4.57 Å². The highest BCUT2D eigenvalue weighted by atomic mass is 15.1. The van der Waals surface area contributed by atoms with Gasteiger partial charge in [0.25, 0.3) is 0 Å². The monoisotopic (exact) mass is 389 g/mol. The second kappa shape index (κ2) is 10.4. The third kappa shape index (κ3) is 5.02. The first kappa shape index (κ1) is 20.6. The molecule has 0 saturated heterocycles. The largest absolute Gasteiger partial charge is 0.340 e. The van der Waals surface area contributed by atoms with E-state index in [1.54, 1.807) is 0 Å². The lowest BCUT2D eigenvalue weighted by molar-refractivity contribution is 0.553. The molecule has 0 aliphatic rings. The molecule has 0 saturated carbocycles. The molecule has 0 N–H and O–H groups in total. The second-order valence-corrected chi connectivity index (χ2v) is 7.41. The lowest BCUT2D eigenvalue weighted by Gasteiger charge is -2.08. The average Bonchev–Trinajstić information content (AvgIpc) is 3.03. The minimum Gasteiger partial charge on any atom is -0.340 e. The maximum atomic E-state index is 8.76. The summed E-state index contributed by atoms with van der Waals surface area (Å²) in [7, 11) is 0. The van der Waals surface area contributed by atoms with Crippen LogP contribution in [0.3, 0.4) is 0 Å². The van der Waals surface area contributed by atoms with Gasteiger partial charge in [0.15, 0.2) is 0 Å². The molecule has 0 aliphatic heterocycles. The summed E-state index contributed by atoms with van der Waals surface area (Å²) in [5.41, 5.74) is 20.9. The first-order chi connectivity index (χ1) is 14.3. The maximum Gasteiger partial charge on any atom is 0.0491 e. The Labute approximate surface area is 170 Å². The third-order valence-corrected chi connectivity index (χ3v) is 5.39. The Morgan fingerprint density at radius 1 is 0.724 bits per heavy atom. The standard InChI is InChI=1S/C22H27N7/c1-2-3-4-5-6-7-8-9-14-29-21-12-10-17(25-27-23)15-19(21)20-16-18(26-28-24)11-13-22(20)29/h10-13,15-16H,2-9,14H2,1H3. The van der Waals surface area contributed by atoms with Crippen LogP contribution >= 0.6 is 0 Å². The number of rotatable bonds is 11. The van der Waals surface area contributed by atoms with Gasteiger partial charge in [0.1, 0.15) is 0 Å². The van der Waals surface area contributed by atoms with E-state index in [-0.39, 0.29) is 0 Å². The number of fused-ring (bicyclic) bond motifs is 3. The summed E-state index contributed by atoms with van der Waals surface area (Å²) in [6.45, 7) is 3.19. The predicted molar refractivity (Wildman–Crippen MR) is 120 cm³/mol. The number of unbranched alkanes of at least 4 members (excludes halogenated alkanes) is 7. The number of aromatic nitrogens is 1. The zero-order valence-corrected chi connectivity index (χ0v) is 17.0. The Kier molecular flexibility index (Phi) is 7.40. The summed E-state index contributed by atoms with van der Waals surface area (Å²) in [6, 6.07) is 11.5. The molecule has 1 heterocycles. The van der Waals surface area contributed by atoms with Crippen molar-refractivity contribution >= 4 is 33.2 Å². The van der Waals surface area contributed by atoms with E-state index < -0.39 is 0 Å². The van der Waals surface area contributed by atoms with Gasteiger partial charge in [-0.2, -0.15) is 0 Å². The molecule has 0 amide bonds. The van der Waals surface area contributed by atoms with E-state index in [1.807, 2.05) is 36.4 Å². The Morgan fingerprint density at radius 2 is 1.21 bits per heavy atom. The van der Waals surface area contributed by atoms with E-state index in [9.17, 15) is 0 Å². The molecule has 0 bridgehead atoms. The van der Waals surface area contributed by atoms with Crippen molar-refractivity contribution in [2.24, 2.45) is 10.2 Å². The predicted octanol–water partition coefficient (Wildman–Crippen LogP) is 8.82. The zero-order chi connectivity index (χ0) is 20.5. The molecule has 0 spiro atoms. The second-order valence-electron chi connectivity index (χ2n) is 7.41. The molecule has 0 aliphatic carbocycles. The van der Waals surface area contributed by atoms with Gasteiger partial charge >= 0.3 is 0 Å². The average molecular weight is 390 g/mol. The Bertz CT molecular complexity index is 994. The van der Waals surface area contributed by atoms with Crippen molar-refractivity contribution in [2.75, 3.05) is 0 Å². The fraction of sp³-hybridized carbons (Fsp3) is 0.455. The van der Waals surface area contributed by atoms with Gasteiger partial charge < -0.3 is 4.57 Å². The van der Waals surface area contributed by atoms with E-state index in [1.165, 1.54) is 44.9 Å². The van der Waals surface area contributed by atoms with Gasteiger partial charge in [-0.05, 0) is 41.7 Å². The summed E-state index contributed by atoms with van der Waals surface area (Å²) in [4.78, 5) is 5.79. The normalized spacial score (nSPS) is 10.8. The van der Waals surface area contributed by atoms with Gasteiger partial charge in [-0.25, -0.2) is 0 Å². The van der Waals surface area contributed by atoms with Crippen molar-refractivity contribution in [2.45, 2.75) is 64.8 Å². The van der Waals surface area contributed by atoms with E-state index in [4.69, 9.17) is 11.1 Å². The van der Waals surface area contributed by atoms with Crippen molar-refractivity contribution in [1.29, 1.82) is 0 Å². The summed E-state index contributed by atoms with van der Waals surface area (Å²) < 4.78 is 2.32. The molecule has 0 atom stereocenters. The molecule has 3 aromatic rings. The highest BCUT2D eigenvalue weighted by Crippen LogP contribution is 2.34. The Balaban J connectivity index is 1.83. The topological polar surface area (TPSA) is 102 Å². The van der Waals surface area contributed by atoms with Crippen LogP contribution in [0.25, 0.3) is 42.7 Å². The molecule has 7 heteroatoms. The van der Waals surface area contributed by atoms with Gasteiger partial charge in [0.2, 0.25) is 0 Å². The summed E-state index contributed by atoms with van der Waals surface area (Å²) in [5.74, 6) is 0. The van der Waals surface area contributed by atoms with Crippen molar-refractivity contribution in [3.63, 3.8) is 0 Å². The molecule has 150 valence electrons. The minimum absolute atomic E-state index is 0.584.